The van der Waals surface area contributed by atoms with Crippen molar-refractivity contribution in [3.8, 4) is 0 Å². The van der Waals surface area contributed by atoms with Gasteiger partial charge >= 0.3 is 0 Å². The molecule has 1 saturated carbocycles. The van der Waals surface area contributed by atoms with Crippen LogP contribution in [0, 0.1) is 0 Å². The second-order valence-electron chi connectivity index (χ2n) is 6.00. The fraction of sp³-hybridized carbons (Fsp3) is 0.714. The number of nitrogens with one attached hydrogen (secondary N) is 1. The first-order valence-corrected chi connectivity index (χ1v) is 9.05. The van der Waals surface area contributed by atoms with Crippen molar-refractivity contribution < 1.29 is 12.8 Å². The third kappa shape index (κ3) is 3.62. The number of rotatable bonds is 6. The maximum absolute atomic E-state index is 11.5. The van der Waals surface area contributed by atoms with Gasteiger partial charge in [-0.25, -0.2) is 8.42 Å². The van der Waals surface area contributed by atoms with Gasteiger partial charge in [0.1, 0.15) is 11.5 Å². The molecule has 1 aromatic rings. The van der Waals surface area contributed by atoms with Crippen LogP contribution in [0.5, 0.6) is 0 Å². The molecule has 0 spiro atoms. The van der Waals surface area contributed by atoms with E-state index < -0.39 is 9.84 Å². The highest BCUT2D eigenvalue weighted by Gasteiger charge is 2.30. The molecule has 2 aliphatic rings. The molecule has 0 bridgehead atoms. The number of sulfone groups is 1. The lowest BCUT2D eigenvalue weighted by Crippen LogP contribution is -2.31. The molecule has 1 unspecified atom stereocenters. The summed E-state index contributed by atoms with van der Waals surface area (Å²) in [4.78, 5) is 2.08. The van der Waals surface area contributed by atoms with Crippen LogP contribution in [0.2, 0.25) is 0 Å². The van der Waals surface area contributed by atoms with Gasteiger partial charge in [0.05, 0.1) is 24.6 Å². The van der Waals surface area contributed by atoms with E-state index in [2.05, 4.69) is 10.2 Å². The standard InChI is InChI=1S/C14H22N2O3S/c1-16(12-6-7-20(17,18)10-12)9-14-5-4-13(19-14)8-15-11-2-3-11/h4-5,11-12,15H,2-3,6-10H2,1H3. The summed E-state index contributed by atoms with van der Waals surface area (Å²) in [5, 5.41) is 3.42. The molecule has 1 N–H and O–H groups in total. The molecule has 1 saturated heterocycles. The molecule has 2 fully saturated rings. The smallest absolute Gasteiger partial charge is 0.151 e. The minimum atomic E-state index is -2.82. The Morgan fingerprint density at radius 1 is 1.30 bits per heavy atom. The van der Waals surface area contributed by atoms with Crippen LogP contribution in [0.1, 0.15) is 30.8 Å². The third-order valence-corrected chi connectivity index (χ3v) is 5.85. The monoisotopic (exact) mass is 298 g/mol. The SMILES string of the molecule is CN(Cc1ccc(CNC2CC2)o1)C1CCS(=O)(=O)C1. The van der Waals surface area contributed by atoms with Crippen LogP contribution in [0.3, 0.4) is 0 Å². The molecule has 6 heteroatoms. The van der Waals surface area contributed by atoms with Gasteiger partial charge in [-0.05, 0) is 38.4 Å². The van der Waals surface area contributed by atoms with E-state index in [1.54, 1.807) is 0 Å². The van der Waals surface area contributed by atoms with E-state index in [1.807, 2.05) is 19.2 Å². The van der Waals surface area contributed by atoms with Gasteiger partial charge in [0.2, 0.25) is 0 Å². The van der Waals surface area contributed by atoms with Crippen LogP contribution < -0.4 is 5.32 Å². The van der Waals surface area contributed by atoms with Crippen molar-refractivity contribution in [1.82, 2.24) is 10.2 Å². The largest absolute Gasteiger partial charge is 0.463 e. The van der Waals surface area contributed by atoms with Crippen molar-refractivity contribution >= 4 is 9.84 Å². The molecule has 20 heavy (non-hydrogen) atoms. The first-order chi connectivity index (χ1) is 9.52. The van der Waals surface area contributed by atoms with Crippen LogP contribution in [-0.4, -0.2) is 44.0 Å². The van der Waals surface area contributed by atoms with E-state index in [1.165, 1.54) is 12.8 Å². The first-order valence-electron chi connectivity index (χ1n) is 7.23. The average molecular weight is 298 g/mol. The van der Waals surface area contributed by atoms with E-state index in [0.717, 1.165) is 24.5 Å². The van der Waals surface area contributed by atoms with E-state index in [4.69, 9.17) is 4.42 Å². The van der Waals surface area contributed by atoms with Crippen LogP contribution in [0.15, 0.2) is 16.5 Å². The maximum Gasteiger partial charge on any atom is 0.151 e. The van der Waals surface area contributed by atoms with Crippen molar-refractivity contribution in [2.24, 2.45) is 0 Å². The summed E-state index contributed by atoms with van der Waals surface area (Å²) < 4.78 is 28.8. The van der Waals surface area contributed by atoms with Gasteiger partial charge in [0.25, 0.3) is 0 Å². The Bertz CT molecular complexity index is 563. The fourth-order valence-corrected chi connectivity index (χ4v) is 4.44. The van der Waals surface area contributed by atoms with Gasteiger partial charge in [-0.15, -0.1) is 0 Å². The zero-order chi connectivity index (χ0) is 14.2. The maximum atomic E-state index is 11.5. The Labute approximate surface area is 120 Å². The van der Waals surface area contributed by atoms with Crippen molar-refractivity contribution in [2.75, 3.05) is 18.6 Å². The van der Waals surface area contributed by atoms with Crippen LogP contribution in [0.4, 0.5) is 0 Å². The highest BCUT2D eigenvalue weighted by atomic mass is 32.2. The summed E-state index contributed by atoms with van der Waals surface area (Å²) in [6.07, 6.45) is 3.27. The molecule has 1 aliphatic carbocycles. The van der Waals surface area contributed by atoms with Gasteiger partial charge in [0, 0.05) is 12.1 Å². The molecule has 1 aromatic heterocycles. The molecule has 0 aromatic carbocycles. The fourth-order valence-electron chi connectivity index (χ4n) is 2.63. The molecule has 1 atom stereocenters. The van der Waals surface area contributed by atoms with E-state index in [0.29, 0.717) is 18.3 Å². The van der Waals surface area contributed by atoms with Crippen LogP contribution in [-0.2, 0) is 22.9 Å². The molecule has 5 nitrogen and oxygen atoms in total. The van der Waals surface area contributed by atoms with Crippen molar-refractivity contribution in [1.29, 1.82) is 0 Å². The zero-order valence-electron chi connectivity index (χ0n) is 11.8. The van der Waals surface area contributed by atoms with Crippen LogP contribution in [0.25, 0.3) is 0 Å². The Hall–Kier alpha value is -0.850. The quantitative estimate of drug-likeness (QED) is 0.853. The third-order valence-electron chi connectivity index (χ3n) is 4.10. The summed E-state index contributed by atoms with van der Waals surface area (Å²) in [6.45, 7) is 1.45. The Balaban J connectivity index is 1.51. The molecule has 2 heterocycles. The molecular weight excluding hydrogens is 276 g/mol. The van der Waals surface area contributed by atoms with E-state index >= 15 is 0 Å². The van der Waals surface area contributed by atoms with Gasteiger partial charge in [-0.3, -0.25) is 4.90 Å². The lowest BCUT2D eigenvalue weighted by Gasteiger charge is -2.21. The molecular formula is C14H22N2O3S. The number of hydrogen-bond acceptors (Lipinski definition) is 5. The summed E-state index contributed by atoms with van der Waals surface area (Å²) >= 11 is 0. The second kappa shape index (κ2) is 5.50. The topological polar surface area (TPSA) is 62.6 Å². The highest BCUT2D eigenvalue weighted by molar-refractivity contribution is 7.91. The summed E-state index contributed by atoms with van der Waals surface area (Å²) in [7, 11) is -0.853. The Morgan fingerprint density at radius 3 is 2.70 bits per heavy atom. The minimum Gasteiger partial charge on any atom is -0.463 e. The van der Waals surface area contributed by atoms with E-state index in [-0.39, 0.29) is 11.8 Å². The highest BCUT2D eigenvalue weighted by Crippen LogP contribution is 2.21. The normalized spacial score (nSPS) is 25.4. The molecule has 112 valence electrons. The first kappa shape index (κ1) is 14.1. The lowest BCUT2D eigenvalue weighted by atomic mass is 10.2. The average Bonchev–Trinajstić information content (AvgIpc) is 3.00. The molecule has 0 radical (unpaired) electrons. The van der Waals surface area contributed by atoms with Crippen LogP contribution >= 0.6 is 0 Å². The van der Waals surface area contributed by atoms with Gasteiger partial charge in [-0.2, -0.15) is 0 Å². The van der Waals surface area contributed by atoms with Gasteiger partial charge in [-0.1, -0.05) is 0 Å². The predicted octanol–water partition coefficient (Wildman–Crippen LogP) is 1.15. The van der Waals surface area contributed by atoms with Crippen molar-refractivity contribution in [3.63, 3.8) is 0 Å². The van der Waals surface area contributed by atoms with Crippen molar-refractivity contribution in [2.45, 2.75) is 44.4 Å². The summed E-state index contributed by atoms with van der Waals surface area (Å²) in [6, 6.07) is 4.79. The Kier molecular flexibility index (Phi) is 3.88. The molecule has 1 aliphatic heterocycles. The lowest BCUT2D eigenvalue weighted by molar-refractivity contribution is 0.231. The van der Waals surface area contributed by atoms with Gasteiger partial charge in [0.15, 0.2) is 9.84 Å². The van der Waals surface area contributed by atoms with E-state index in [9.17, 15) is 8.42 Å². The minimum absolute atomic E-state index is 0.123. The summed E-state index contributed by atoms with van der Waals surface area (Å²) in [5.41, 5.74) is 0. The zero-order valence-corrected chi connectivity index (χ0v) is 12.7. The molecule has 0 amide bonds. The van der Waals surface area contributed by atoms with Gasteiger partial charge < -0.3 is 9.73 Å². The molecule has 3 rings (SSSR count). The number of hydrogen-bond donors (Lipinski definition) is 1. The Morgan fingerprint density at radius 2 is 2.05 bits per heavy atom. The summed E-state index contributed by atoms with van der Waals surface area (Å²) in [5.74, 6) is 2.46. The second-order valence-corrected chi connectivity index (χ2v) is 8.22. The predicted molar refractivity (Wildman–Crippen MR) is 77.1 cm³/mol. The number of furan rings is 1. The number of nitrogens with zero attached hydrogens (tertiary/aromatic N) is 1. The van der Waals surface area contributed by atoms with Crippen molar-refractivity contribution in [3.05, 3.63) is 23.7 Å².